The smallest absolute Gasteiger partial charge is 0.191 e. The predicted molar refractivity (Wildman–Crippen MR) is 119 cm³/mol. The lowest BCUT2D eigenvalue weighted by Crippen LogP contribution is -2.44. The van der Waals surface area contributed by atoms with Gasteiger partial charge in [0.05, 0.1) is 26.0 Å². The molecule has 0 amide bonds. The zero-order valence-corrected chi connectivity index (χ0v) is 18.9. The Hall–Kier alpha value is -0.840. The van der Waals surface area contributed by atoms with Gasteiger partial charge in [-0.15, -0.1) is 24.0 Å². The van der Waals surface area contributed by atoms with Crippen molar-refractivity contribution in [3.63, 3.8) is 0 Å². The Morgan fingerprint density at radius 3 is 2.78 bits per heavy atom. The van der Waals surface area contributed by atoms with E-state index in [1.807, 2.05) is 19.1 Å². The predicted octanol–water partition coefficient (Wildman–Crippen LogP) is 2.12. The molecule has 2 rings (SSSR count). The number of ether oxygens (including phenoxy) is 2. The topological polar surface area (TPSA) is 71.3 Å². The van der Waals surface area contributed by atoms with Crippen LogP contribution in [0.4, 0.5) is 0 Å². The molecule has 0 bridgehead atoms. The van der Waals surface area contributed by atoms with Crippen LogP contribution in [-0.2, 0) is 15.9 Å². The number of hydrogen-bond acceptors (Lipinski definition) is 5. The zero-order chi connectivity index (χ0) is 18.5. The molecule has 0 spiro atoms. The quantitative estimate of drug-likeness (QED) is 0.213. The minimum atomic E-state index is 0. The molecule has 27 heavy (non-hydrogen) atoms. The van der Waals surface area contributed by atoms with E-state index in [4.69, 9.17) is 18.9 Å². The Morgan fingerprint density at radius 1 is 1.30 bits per heavy atom. The van der Waals surface area contributed by atoms with Gasteiger partial charge in [0.1, 0.15) is 5.76 Å². The molecule has 1 unspecified atom stereocenters. The average molecular weight is 494 g/mol. The molecule has 1 aliphatic heterocycles. The average Bonchev–Trinajstić information content (AvgIpc) is 3.19. The molecule has 8 heteroatoms. The van der Waals surface area contributed by atoms with Crippen LogP contribution in [0.1, 0.15) is 26.0 Å². The second-order valence-corrected chi connectivity index (χ2v) is 6.42. The Balaban J connectivity index is 0.00000364. The normalized spacial score (nSPS) is 16.6. The highest BCUT2D eigenvalue weighted by molar-refractivity contribution is 14.0. The van der Waals surface area contributed by atoms with Gasteiger partial charge in [-0.05, 0) is 32.4 Å². The van der Waals surface area contributed by atoms with Crippen LogP contribution in [-0.4, -0.2) is 76.1 Å². The van der Waals surface area contributed by atoms with Crippen LogP contribution in [0.5, 0.6) is 0 Å². The highest BCUT2D eigenvalue weighted by atomic mass is 127. The van der Waals surface area contributed by atoms with Gasteiger partial charge in [-0.2, -0.15) is 0 Å². The second kappa shape index (κ2) is 15.1. The summed E-state index contributed by atoms with van der Waals surface area (Å²) in [4.78, 5) is 7.21. The van der Waals surface area contributed by atoms with Crippen LogP contribution in [0.2, 0.25) is 0 Å². The van der Waals surface area contributed by atoms with Crippen LogP contribution in [0.25, 0.3) is 0 Å². The lowest BCUT2D eigenvalue weighted by Gasteiger charge is -2.31. The first-order valence-electron chi connectivity index (χ1n) is 9.73. The number of guanidine groups is 1. The number of hydrogen-bond donors (Lipinski definition) is 2. The maximum absolute atomic E-state index is 5.43. The van der Waals surface area contributed by atoms with Gasteiger partial charge in [-0.1, -0.05) is 0 Å². The van der Waals surface area contributed by atoms with E-state index in [2.05, 4.69) is 22.5 Å². The van der Waals surface area contributed by atoms with E-state index in [0.29, 0.717) is 6.04 Å². The van der Waals surface area contributed by atoms with Crippen molar-refractivity contribution in [2.75, 3.05) is 59.2 Å². The van der Waals surface area contributed by atoms with E-state index in [9.17, 15) is 0 Å². The second-order valence-electron chi connectivity index (χ2n) is 6.42. The van der Waals surface area contributed by atoms with Crippen LogP contribution >= 0.6 is 24.0 Å². The third kappa shape index (κ3) is 10.3. The first-order valence-corrected chi connectivity index (χ1v) is 9.73. The first kappa shape index (κ1) is 24.2. The highest BCUT2D eigenvalue weighted by Gasteiger charge is 2.16. The molecule has 1 aliphatic rings. The van der Waals surface area contributed by atoms with Crippen molar-refractivity contribution in [1.82, 2.24) is 15.5 Å². The van der Waals surface area contributed by atoms with E-state index in [-0.39, 0.29) is 24.0 Å². The van der Waals surface area contributed by atoms with E-state index in [1.54, 1.807) is 6.26 Å². The van der Waals surface area contributed by atoms with Crippen molar-refractivity contribution < 1.29 is 13.9 Å². The van der Waals surface area contributed by atoms with Crippen molar-refractivity contribution in [3.05, 3.63) is 24.2 Å². The molecule has 2 N–H and O–H groups in total. The number of nitrogens with zero attached hydrogens (tertiary/aromatic N) is 2. The van der Waals surface area contributed by atoms with Gasteiger partial charge in [0.25, 0.3) is 0 Å². The monoisotopic (exact) mass is 494 g/mol. The molecule has 0 aromatic carbocycles. The van der Waals surface area contributed by atoms with Gasteiger partial charge in [-0.3, -0.25) is 9.89 Å². The van der Waals surface area contributed by atoms with Crippen molar-refractivity contribution in [3.8, 4) is 0 Å². The molecule has 1 saturated heterocycles. The number of morpholine rings is 1. The first-order chi connectivity index (χ1) is 12.8. The maximum atomic E-state index is 5.43. The Morgan fingerprint density at radius 2 is 2.07 bits per heavy atom. The summed E-state index contributed by atoms with van der Waals surface area (Å²) in [6.45, 7) is 11.8. The van der Waals surface area contributed by atoms with E-state index < -0.39 is 0 Å². The fourth-order valence-corrected chi connectivity index (χ4v) is 2.82. The van der Waals surface area contributed by atoms with Crippen LogP contribution in [0.15, 0.2) is 27.8 Å². The van der Waals surface area contributed by atoms with Gasteiger partial charge in [0.2, 0.25) is 0 Å². The number of halogens is 1. The summed E-state index contributed by atoms with van der Waals surface area (Å²) in [7, 11) is 0. The van der Waals surface area contributed by atoms with Crippen molar-refractivity contribution in [2.45, 2.75) is 32.7 Å². The summed E-state index contributed by atoms with van der Waals surface area (Å²) in [5.74, 6) is 1.84. The summed E-state index contributed by atoms with van der Waals surface area (Å²) in [6.07, 6.45) is 3.51. The number of nitrogens with one attached hydrogen (secondary N) is 2. The minimum Gasteiger partial charge on any atom is -0.469 e. The largest absolute Gasteiger partial charge is 0.469 e. The summed E-state index contributed by atoms with van der Waals surface area (Å²) in [6, 6.07) is 4.32. The molecule has 0 saturated carbocycles. The summed E-state index contributed by atoms with van der Waals surface area (Å²) in [5.41, 5.74) is 0. The summed E-state index contributed by atoms with van der Waals surface area (Å²) < 4.78 is 16.2. The van der Waals surface area contributed by atoms with Crippen molar-refractivity contribution in [1.29, 1.82) is 0 Å². The molecule has 1 fully saturated rings. The Bertz CT molecular complexity index is 493. The SMILES string of the molecule is CCOCCCNC(=NCC(C)N1CCOCC1)NCCc1ccco1.I. The maximum Gasteiger partial charge on any atom is 0.191 e. The molecule has 156 valence electrons. The highest BCUT2D eigenvalue weighted by Crippen LogP contribution is 2.04. The molecule has 1 aromatic rings. The molecule has 1 aromatic heterocycles. The Labute approximate surface area is 180 Å². The molecule has 1 atom stereocenters. The third-order valence-electron chi connectivity index (χ3n) is 4.39. The fourth-order valence-electron chi connectivity index (χ4n) is 2.82. The van der Waals surface area contributed by atoms with Gasteiger partial charge < -0.3 is 24.5 Å². The van der Waals surface area contributed by atoms with Crippen LogP contribution in [0.3, 0.4) is 0 Å². The summed E-state index contributed by atoms with van der Waals surface area (Å²) >= 11 is 0. The van der Waals surface area contributed by atoms with Crippen LogP contribution in [0, 0.1) is 0 Å². The van der Waals surface area contributed by atoms with Gasteiger partial charge >= 0.3 is 0 Å². The lowest BCUT2D eigenvalue weighted by molar-refractivity contribution is 0.0220. The number of rotatable bonds is 11. The van der Waals surface area contributed by atoms with E-state index >= 15 is 0 Å². The fraction of sp³-hybridized carbons (Fsp3) is 0.737. The minimum absolute atomic E-state index is 0. The van der Waals surface area contributed by atoms with Crippen LogP contribution < -0.4 is 10.6 Å². The molecule has 0 aliphatic carbocycles. The van der Waals surface area contributed by atoms with Gasteiger partial charge in [-0.25, -0.2) is 0 Å². The standard InChI is InChI=1S/C19H34N4O3.HI/c1-3-24-12-5-8-20-19(21-9-7-18-6-4-13-26-18)22-16-17(2)23-10-14-25-15-11-23;/h4,6,13,17H,3,5,7-12,14-16H2,1-2H3,(H2,20,21,22);1H. The Kier molecular flexibility index (Phi) is 13.6. The van der Waals surface area contributed by atoms with Crippen molar-refractivity contribution >= 4 is 29.9 Å². The zero-order valence-electron chi connectivity index (χ0n) is 16.6. The number of furan rings is 1. The summed E-state index contributed by atoms with van der Waals surface area (Å²) in [5, 5.41) is 6.80. The lowest BCUT2D eigenvalue weighted by atomic mass is 10.2. The van der Waals surface area contributed by atoms with Gasteiger partial charge in [0, 0.05) is 51.9 Å². The molecule has 2 heterocycles. The van der Waals surface area contributed by atoms with E-state index in [0.717, 1.165) is 83.7 Å². The van der Waals surface area contributed by atoms with Crippen molar-refractivity contribution in [2.24, 2.45) is 4.99 Å². The van der Waals surface area contributed by atoms with E-state index in [1.165, 1.54) is 0 Å². The molecular formula is C19H35IN4O3. The number of aliphatic imine (C=N–C) groups is 1. The van der Waals surface area contributed by atoms with Gasteiger partial charge in [0.15, 0.2) is 5.96 Å². The third-order valence-corrected chi connectivity index (χ3v) is 4.39. The molecular weight excluding hydrogens is 459 g/mol. The molecule has 7 nitrogen and oxygen atoms in total. The molecule has 0 radical (unpaired) electrons.